The van der Waals surface area contributed by atoms with E-state index in [1.165, 1.54) is 12.1 Å². The van der Waals surface area contributed by atoms with Crippen LogP contribution in [0.1, 0.15) is 18.2 Å². The molecule has 0 aliphatic carbocycles. The lowest BCUT2D eigenvalue weighted by Gasteiger charge is -2.07. The van der Waals surface area contributed by atoms with Crippen LogP contribution in [-0.2, 0) is 6.54 Å². The van der Waals surface area contributed by atoms with E-state index in [-0.39, 0.29) is 5.82 Å². The van der Waals surface area contributed by atoms with Crippen molar-refractivity contribution < 1.29 is 4.39 Å². The summed E-state index contributed by atoms with van der Waals surface area (Å²) >= 11 is 1.55. The molecule has 0 saturated heterocycles. The normalized spacial score (nSPS) is 11.3. The van der Waals surface area contributed by atoms with Gasteiger partial charge in [-0.2, -0.15) is 0 Å². The molecule has 3 rings (SSSR count). The van der Waals surface area contributed by atoms with Crippen molar-refractivity contribution in [3.63, 3.8) is 0 Å². The minimum absolute atomic E-state index is 0.264. The van der Waals surface area contributed by atoms with Crippen molar-refractivity contribution in [1.82, 2.24) is 9.55 Å². The number of aryl methyl sites for hydroxylation is 2. The summed E-state index contributed by atoms with van der Waals surface area (Å²) in [5, 5.41) is 0.760. The van der Waals surface area contributed by atoms with E-state index in [9.17, 15) is 4.39 Å². The first-order valence-electron chi connectivity index (χ1n) is 6.62. The summed E-state index contributed by atoms with van der Waals surface area (Å²) in [7, 11) is 0. The van der Waals surface area contributed by atoms with Gasteiger partial charge in [-0.25, -0.2) is 9.37 Å². The molecule has 0 saturated carbocycles. The number of imidazole rings is 1. The van der Waals surface area contributed by atoms with Gasteiger partial charge in [0.1, 0.15) is 11.6 Å². The fourth-order valence-corrected chi connectivity index (χ4v) is 3.25. The molecule has 2 aromatic heterocycles. The predicted molar refractivity (Wildman–Crippen MR) is 82.4 cm³/mol. The first-order valence-corrected chi connectivity index (χ1v) is 7.44. The average Bonchev–Trinajstić information content (AvgIpc) is 2.90. The van der Waals surface area contributed by atoms with Crippen LogP contribution in [0.5, 0.6) is 0 Å². The Morgan fingerprint density at radius 3 is 2.80 bits per heavy atom. The molecule has 3 aromatic rings. The van der Waals surface area contributed by atoms with E-state index in [4.69, 9.17) is 5.73 Å². The number of hydrogen-bond donors (Lipinski definition) is 1. The van der Waals surface area contributed by atoms with Gasteiger partial charge in [0.2, 0.25) is 0 Å². The quantitative estimate of drug-likeness (QED) is 0.785. The lowest BCUT2D eigenvalue weighted by atomic mass is 10.2. The Bertz CT molecular complexity index is 773. The third-order valence-corrected chi connectivity index (χ3v) is 4.16. The topological polar surface area (TPSA) is 43.8 Å². The molecule has 0 aliphatic heterocycles. The van der Waals surface area contributed by atoms with Crippen LogP contribution in [0.15, 0.2) is 24.3 Å². The third kappa shape index (κ3) is 2.08. The smallest absolute Gasteiger partial charge is 0.144 e. The molecule has 0 amide bonds. The molecular weight excluding hydrogens is 273 g/mol. The maximum atomic E-state index is 13.4. The number of rotatable bonds is 3. The van der Waals surface area contributed by atoms with Crippen LogP contribution < -0.4 is 5.73 Å². The molecular formula is C15H16FN3S. The molecule has 104 valence electrons. The maximum Gasteiger partial charge on any atom is 0.144 e. The highest BCUT2D eigenvalue weighted by Crippen LogP contribution is 2.35. The van der Waals surface area contributed by atoms with Gasteiger partial charge in [-0.1, -0.05) is 6.92 Å². The highest BCUT2D eigenvalue weighted by atomic mass is 32.1. The first kappa shape index (κ1) is 13.1. The van der Waals surface area contributed by atoms with Crippen LogP contribution in [0.25, 0.3) is 22.4 Å². The fraction of sp³-hybridized carbons (Fsp3) is 0.267. The Kier molecular flexibility index (Phi) is 3.22. The number of anilines is 1. The Morgan fingerprint density at radius 1 is 1.35 bits per heavy atom. The minimum atomic E-state index is -0.264. The van der Waals surface area contributed by atoms with E-state index in [1.54, 1.807) is 17.4 Å². The molecule has 0 bridgehead atoms. The summed E-state index contributed by atoms with van der Waals surface area (Å²) in [5.74, 6) is 0.564. The number of halogens is 1. The van der Waals surface area contributed by atoms with Gasteiger partial charge in [0.25, 0.3) is 0 Å². The molecule has 20 heavy (non-hydrogen) atoms. The summed E-state index contributed by atoms with van der Waals surface area (Å²) in [5.41, 5.74) is 8.65. The number of aromatic nitrogens is 2. The summed E-state index contributed by atoms with van der Waals surface area (Å²) < 4.78 is 15.5. The van der Waals surface area contributed by atoms with Gasteiger partial charge in [0, 0.05) is 17.5 Å². The van der Waals surface area contributed by atoms with Crippen LogP contribution in [0.2, 0.25) is 0 Å². The van der Waals surface area contributed by atoms with Gasteiger partial charge in [-0.15, -0.1) is 11.3 Å². The lowest BCUT2D eigenvalue weighted by Crippen LogP contribution is -2.00. The van der Waals surface area contributed by atoms with E-state index < -0.39 is 0 Å². The summed E-state index contributed by atoms with van der Waals surface area (Å²) in [6.45, 7) is 4.98. The largest absolute Gasteiger partial charge is 0.390 e. The summed E-state index contributed by atoms with van der Waals surface area (Å²) in [6, 6.07) is 6.78. The Morgan fingerprint density at radius 2 is 2.15 bits per heavy atom. The van der Waals surface area contributed by atoms with Crippen LogP contribution in [0.3, 0.4) is 0 Å². The summed E-state index contributed by atoms with van der Waals surface area (Å²) in [4.78, 5) is 5.74. The molecule has 0 fully saturated rings. The minimum Gasteiger partial charge on any atom is -0.390 e. The monoisotopic (exact) mass is 289 g/mol. The molecule has 0 radical (unpaired) electrons. The first-order chi connectivity index (χ1) is 9.60. The fourth-order valence-electron chi connectivity index (χ4n) is 2.47. The number of hydrogen-bond acceptors (Lipinski definition) is 3. The van der Waals surface area contributed by atoms with Gasteiger partial charge in [0.15, 0.2) is 0 Å². The van der Waals surface area contributed by atoms with E-state index >= 15 is 0 Å². The number of nitrogens with zero attached hydrogens (tertiary/aromatic N) is 2. The predicted octanol–water partition coefficient (Wildman–Crippen LogP) is 4.20. The second-order valence-electron chi connectivity index (χ2n) is 4.86. The molecule has 3 nitrogen and oxygen atoms in total. The molecule has 2 N–H and O–H groups in total. The van der Waals surface area contributed by atoms with Crippen molar-refractivity contribution in [1.29, 1.82) is 0 Å². The third-order valence-electron chi connectivity index (χ3n) is 3.28. The maximum absolute atomic E-state index is 13.4. The zero-order valence-corrected chi connectivity index (χ0v) is 12.3. The van der Waals surface area contributed by atoms with Crippen molar-refractivity contribution in [3.05, 3.63) is 35.0 Å². The zero-order chi connectivity index (χ0) is 14.3. The second kappa shape index (κ2) is 4.90. The molecule has 0 unspecified atom stereocenters. The van der Waals surface area contributed by atoms with Gasteiger partial charge < -0.3 is 10.3 Å². The molecule has 0 aliphatic rings. The van der Waals surface area contributed by atoms with Gasteiger partial charge in [-0.05, 0) is 31.5 Å². The van der Waals surface area contributed by atoms with E-state index in [0.717, 1.165) is 39.7 Å². The van der Waals surface area contributed by atoms with Crippen molar-refractivity contribution >= 4 is 27.4 Å². The van der Waals surface area contributed by atoms with E-state index in [2.05, 4.69) is 16.5 Å². The number of nitrogen functional groups attached to an aromatic ring is 1. The van der Waals surface area contributed by atoms with Gasteiger partial charge in [0.05, 0.1) is 21.6 Å². The molecule has 2 heterocycles. The Balaban J connectivity index is 2.28. The van der Waals surface area contributed by atoms with Crippen LogP contribution >= 0.6 is 11.3 Å². The number of thiophene rings is 1. The second-order valence-corrected chi connectivity index (χ2v) is 6.14. The standard InChI is InChI=1S/C15H16FN3S/c1-3-6-19-13-5-4-10(16)8-12(13)18-15(19)11-7-9(2)20-14(11)17/h4-5,7-8H,3,6,17H2,1-2H3. The van der Waals surface area contributed by atoms with Crippen molar-refractivity contribution in [3.8, 4) is 11.4 Å². The van der Waals surface area contributed by atoms with Crippen LogP contribution in [-0.4, -0.2) is 9.55 Å². The zero-order valence-electron chi connectivity index (χ0n) is 11.5. The molecule has 1 aromatic carbocycles. The molecule has 5 heteroatoms. The van der Waals surface area contributed by atoms with Gasteiger partial charge >= 0.3 is 0 Å². The highest BCUT2D eigenvalue weighted by Gasteiger charge is 2.16. The van der Waals surface area contributed by atoms with Crippen LogP contribution in [0, 0.1) is 12.7 Å². The van der Waals surface area contributed by atoms with Crippen molar-refractivity contribution in [2.45, 2.75) is 26.8 Å². The highest BCUT2D eigenvalue weighted by molar-refractivity contribution is 7.16. The molecule has 0 atom stereocenters. The Hall–Kier alpha value is -1.88. The molecule has 0 spiro atoms. The van der Waals surface area contributed by atoms with E-state index in [1.807, 2.05) is 13.0 Å². The average molecular weight is 289 g/mol. The van der Waals surface area contributed by atoms with E-state index in [0.29, 0.717) is 5.52 Å². The van der Waals surface area contributed by atoms with Gasteiger partial charge in [-0.3, -0.25) is 0 Å². The summed E-state index contributed by atoms with van der Waals surface area (Å²) in [6.07, 6.45) is 0.985. The number of fused-ring (bicyclic) bond motifs is 1. The number of benzene rings is 1. The number of nitrogens with two attached hydrogens (primary N) is 1. The lowest BCUT2D eigenvalue weighted by molar-refractivity contribution is 0.629. The van der Waals surface area contributed by atoms with Crippen molar-refractivity contribution in [2.24, 2.45) is 0 Å². The SMILES string of the molecule is CCCn1c(-c2cc(C)sc2N)nc2cc(F)ccc21. The van der Waals surface area contributed by atoms with Crippen LogP contribution in [0.4, 0.5) is 9.39 Å². The Labute approximate surface area is 120 Å². The van der Waals surface area contributed by atoms with Crippen molar-refractivity contribution in [2.75, 3.05) is 5.73 Å².